The van der Waals surface area contributed by atoms with Crippen LogP contribution in [0.5, 0.6) is 5.75 Å². The number of aliphatic carboxylic acids is 1. The van der Waals surface area contributed by atoms with Crippen LogP contribution in [-0.2, 0) is 43.3 Å². The molecule has 0 amide bonds. The molecule has 0 unspecified atom stereocenters. The normalized spacial score (nSPS) is 10.6. The van der Waals surface area contributed by atoms with Crippen molar-refractivity contribution in [2.45, 2.75) is 6.42 Å². The fourth-order valence-electron chi connectivity index (χ4n) is 2.02. The molecule has 0 radical (unpaired) electrons. The van der Waals surface area contributed by atoms with Gasteiger partial charge in [0.1, 0.15) is 5.75 Å². The van der Waals surface area contributed by atoms with Crippen LogP contribution in [0.2, 0.25) is 0 Å². The van der Waals surface area contributed by atoms with E-state index < -0.39 is 11.9 Å². The average Bonchev–Trinajstić information content (AvgIpc) is 2.87. The van der Waals surface area contributed by atoms with Crippen LogP contribution in [0.25, 0.3) is 16.2 Å². The number of fused-ring (bicyclic) bond motifs is 1. The summed E-state index contributed by atoms with van der Waals surface area (Å²) in [6.07, 6.45) is 4.22. The Hall–Kier alpha value is -1.68. The fourth-order valence-corrected chi connectivity index (χ4v) is 2.02. The van der Waals surface area contributed by atoms with Gasteiger partial charge in [-0.25, -0.2) is 9.59 Å². The van der Waals surface area contributed by atoms with E-state index in [4.69, 9.17) is 9.84 Å². The van der Waals surface area contributed by atoms with Gasteiger partial charge in [-0.2, -0.15) is 7.05 Å². The largest absolute Gasteiger partial charge is 2.00 e. The van der Waals surface area contributed by atoms with E-state index in [-0.39, 0.29) is 27.3 Å². The van der Waals surface area contributed by atoms with Crippen LogP contribution in [0.1, 0.15) is 5.56 Å². The third-order valence-corrected chi connectivity index (χ3v) is 2.93. The van der Waals surface area contributed by atoms with E-state index in [9.17, 15) is 9.59 Å². The Morgan fingerprint density at radius 2 is 2.14 bits per heavy atom. The number of aromatic amines is 1. The quantitative estimate of drug-likeness (QED) is 0.337. The summed E-state index contributed by atoms with van der Waals surface area (Å²) >= 11 is 0. The first kappa shape index (κ1) is 18.4. The van der Waals surface area contributed by atoms with Crippen LogP contribution in [0, 0.1) is 0 Å². The Balaban J connectivity index is 0.00000242. The van der Waals surface area contributed by atoms with Crippen LogP contribution < -0.4 is 4.74 Å². The molecule has 1 heterocycles. The topological polar surface area (TPSA) is 93.5 Å². The first-order valence-corrected chi connectivity index (χ1v) is 6.39. The number of likely N-dealkylation sites (N-methyl/N-ethyl adjacent to an activating group) is 1. The van der Waals surface area contributed by atoms with Gasteiger partial charge in [0.15, 0.2) is 0 Å². The van der Waals surface area contributed by atoms with Gasteiger partial charge < -0.3 is 20.1 Å². The second-order valence-corrected chi connectivity index (χ2v) is 4.38. The maximum absolute atomic E-state index is 11.6. The zero-order chi connectivity index (χ0) is 15.2. The molecule has 0 aliphatic heterocycles. The van der Waals surface area contributed by atoms with Crippen molar-refractivity contribution in [1.29, 1.82) is 0 Å². The second kappa shape index (κ2) is 8.69. The Kier molecular flexibility index (Phi) is 7.26. The molecule has 0 aliphatic rings. The third kappa shape index (κ3) is 4.67. The fraction of sp³-hybridized carbons (Fsp3) is 0.200. The van der Waals surface area contributed by atoms with E-state index in [2.05, 4.69) is 10.3 Å². The molecule has 7 heteroatoms. The molecule has 1 aromatic carbocycles. The minimum Gasteiger partial charge on any atom is -0.665 e. The number of carboxylic acid groups (broad SMARTS) is 1. The molecule has 2 N–H and O–H groups in total. The van der Waals surface area contributed by atoms with E-state index in [1.165, 1.54) is 0 Å². The number of carbonyl (C=O) groups excluding carboxylic acids is 1. The molecule has 110 valence electrons. The molecule has 0 spiro atoms. The number of ether oxygens (including phenoxy) is 1. The van der Waals surface area contributed by atoms with Crippen molar-refractivity contribution in [2.75, 3.05) is 13.6 Å². The summed E-state index contributed by atoms with van der Waals surface area (Å²) in [5, 5.41) is 13.4. The number of hydrogen-bond acceptors (Lipinski definition) is 3. The van der Waals surface area contributed by atoms with E-state index >= 15 is 0 Å². The van der Waals surface area contributed by atoms with Crippen molar-refractivity contribution < 1.29 is 46.7 Å². The predicted octanol–water partition coefficient (Wildman–Crippen LogP) is 2.26. The molecule has 0 saturated heterocycles. The number of carboxylic acids is 1. The van der Waals surface area contributed by atoms with Crippen molar-refractivity contribution in [2.24, 2.45) is 0 Å². The maximum Gasteiger partial charge on any atom is 2.00 e. The van der Waals surface area contributed by atoms with Crippen molar-refractivity contribution in [1.82, 2.24) is 4.98 Å². The standard InChI is InChI=1S/C15H15N2O4.Cd/c1-16-8-7-10-9-17-11-3-2-4-12(15(10)11)21-14(20)6-5-13(18)19;/h2-6,9,17H,7-8H2,1H3,(H,18,19);/q-1;+2/b6-5+;. The summed E-state index contributed by atoms with van der Waals surface area (Å²) in [6.45, 7) is 0.675. The molecule has 22 heavy (non-hydrogen) atoms. The number of rotatable bonds is 6. The molecule has 0 aliphatic carbocycles. The summed E-state index contributed by atoms with van der Waals surface area (Å²) in [5.41, 5.74) is 1.86. The molecule has 2 aromatic rings. The molecule has 0 atom stereocenters. The number of benzene rings is 1. The Morgan fingerprint density at radius 3 is 2.82 bits per heavy atom. The molecule has 0 bridgehead atoms. The summed E-state index contributed by atoms with van der Waals surface area (Å²) in [5.74, 6) is -1.52. The van der Waals surface area contributed by atoms with Crippen LogP contribution >= 0.6 is 0 Å². The van der Waals surface area contributed by atoms with Gasteiger partial charge in [-0.15, -0.1) is 6.54 Å². The van der Waals surface area contributed by atoms with Gasteiger partial charge >= 0.3 is 39.2 Å². The monoisotopic (exact) mass is 401 g/mol. The van der Waals surface area contributed by atoms with Crippen molar-refractivity contribution in [3.05, 3.63) is 47.4 Å². The molecular formula is C15H15CdN2O4+. The van der Waals surface area contributed by atoms with Gasteiger partial charge in [0.2, 0.25) is 0 Å². The number of nitrogens with one attached hydrogen (secondary N) is 1. The van der Waals surface area contributed by atoms with Crippen LogP contribution in [0.4, 0.5) is 0 Å². The van der Waals surface area contributed by atoms with Gasteiger partial charge in [-0.1, -0.05) is 6.07 Å². The van der Waals surface area contributed by atoms with Gasteiger partial charge in [-0.3, -0.25) is 0 Å². The number of hydrogen-bond donors (Lipinski definition) is 2. The molecule has 2 rings (SSSR count). The van der Waals surface area contributed by atoms with E-state index in [0.717, 1.165) is 35.0 Å². The second-order valence-electron chi connectivity index (χ2n) is 4.38. The molecule has 1 aromatic heterocycles. The Morgan fingerprint density at radius 1 is 1.36 bits per heavy atom. The van der Waals surface area contributed by atoms with Gasteiger partial charge in [-0.05, 0) is 24.1 Å². The third-order valence-electron chi connectivity index (χ3n) is 2.93. The number of nitrogens with zero attached hydrogens (tertiary/aromatic N) is 1. The Labute approximate surface area is 147 Å². The van der Waals surface area contributed by atoms with Crippen molar-refractivity contribution >= 4 is 22.8 Å². The molecular weight excluding hydrogens is 385 g/mol. The first-order valence-electron chi connectivity index (χ1n) is 6.39. The van der Waals surface area contributed by atoms with E-state index in [1.54, 1.807) is 19.2 Å². The summed E-state index contributed by atoms with van der Waals surface area (Å²) < 4.78 is 5.22. The Bertz CT molecular complexity index is 694. The van der Waals surface area contributed by atoms with E-state index in [1.807, 2.05) is 12.3 Å². The van der Waals surface area contributed by atoms with Crippen LogP contribution in [-0.4, -0.2) is 35.6 Å². The maximum atomic E-state index is 11.6. The van der Waals surface area contributed by atoms with Gasteiger partial charge in [0, 0.05) is 29.3 Å². The molecule has 0 fully saturated rings. The van der Waals surface area contributed by atoms with Gasteiger partial charge in [0.25, 0.3) is 0 Å². The average molecular weight is 400 g/mol. The SMILES string of the molecule is C[N-]CCc1c[nH]c2cccc(OC(=O)/C=C/C(=O)O)c12.[Cd+2]. The summed E-state index contributed by atoms with van der Waals surface area (Å²) in [7, 11) is 1.74. The smallest absolute Gasteiger partial charge is 0.665 e. The van der Waals surface area contributed by atoms with Crippen LogP contribution in [0.3, 0.4) is 0 Å². The van der Waals surface area contributed by atoms with E-state index in [0.29, 0.717) is 12.3 Å². The number of esters is 1. The van der Waals surface area contributed by atoms with Crippen LogP contribution in [0.15, 0.2) is 36.5 Å². The zero-order valence-corrected chi connectivity index (χ0v) is 16.2. The minimum atomic E-state index is -1.20. The predicted molar refractivity (Wildman–Crippen MR) is 78.6 cm³/mol. The zero-order valence-electron chi connectivity index (χ0n) is 12.2. The number of aromatic nitrogens is 1. The molecule has 6 nitrogen and oxygen atoms in total. The van der Waals surface area contributed by atoms with Crippen molar-refractivity contribution in [3.8, 4) is 5.75 Å². The molecule has 0 saturated carbocycles. The van der Waals surface area contributed by atoms with Gasteiger partial charge in [0.05, 0.1) is 0 Å². The number of carbonyl (C=O) groups is 2. The minimum absolute atomic E-state index is 0. The van der Waals surface area contributed by atoms with Crippen molar-refractivity contribution in [3.63, 3.8) is 0 Å². The summed E-state index contributed by atoms with van der Waals surface area (Å²) in [4.78, 5) is 25.1. The number of H-pyrrole nitrogens is 1. The first-order chi connectivity index (χ1) is 10.1. The summed E-state index contributed by atoms with van der Waals surface area (Å²) in [6, 6.07) is 5.32.